The topological polar surface area (TPSA) is 81.8 Å². The second-order valence-electron chi connectivity index (χ2n) is 7.69. The zero-order valence-corrected chi connectivity index (χ0v) is 19.0. The van der Waals surface area contributed by atoms with Gasteiger partial charge in [-0.15, -0.1) is 11.3 Å². The number of carbonyl (C=O) groups excluding carboxylic acids is 3. The summed E-state index contributed by atoms with van der Waals surface area (Å²) in [5, 5.41) is 7.43. The third-order valence-electron chi connectivity index (χ3n) is 5.54. The SMILES string of the molecule is O=C(Nc1ccccc1C(=O)NCCC(=O)N1CCN(c2ccccc2)CC1)c1cccs1. The van der Waals surface area contributed by atoms with Gasteiger partial charge in [0, 0.05) is 44.8 Å². The summed E-state index contributed by atoms with van der Waals surface area (Å²) in [6.45, 7) is 3.15. The summed E-state index contributed by atoms with van der Waals surface area (Å²) in [6, 6.07) is 20.6. The lowest BCUT2D eigenvalue weighted by Crippen LogP contribution is -2.49. The van der Waals surface area contributed by atoms with Gasteiger partial charge in [0.05, 0.1) is 16.1 Å². The number of nitrogens with one attached hydrogen (secondary N) is 2. The minimum absolute atomic E-state index is 0.0299. The summed E-state index contributed by atoms with van der Waals surface area (Å²) in [7, 11) is 0. The van der Waals surface area contributed by atoms with Gasteiger partial charge < -0.3 is 20.4 Å². The predicted octanol–water partition coefficient (Wildman–Crippen LogP) is 3.47. The molecule has 4 rings (SSSR count). The van der Waals surface area contributed by atoms with Crippen molar-refractivity contribution in [2.75, 3.05) is 42.9 Å². The van der Waals surface area contributed by atoms with Crippen molar-refractivity contribution in [3.63, 3.8) is 0 Å². The van der Waals surface area contributed by atoms with Crippen LogP contribution in [0.15, 0.2) is 72.1 Å². The molecule has 0 aliphatic carbocycles. The highest BCUT2D eigenvalue weighted by Crippen LogP contribution is 2.18. The minimum Gasteiger partial charge on any atom is -0.368 e. The summed E-state index contributed by atoms with van der Waals surface area (Å²) in [4.78, 5) is 42.4. The Bertz CT molecular complexity index is 1090. The fourth-order valence-corrected chi connectivity index (χ4v) is 4.39. The van der Waals surface area contributed by atoms with Crippen LogP contribution in [0.5, 0.6) is 0 Å². The largest absolute Gasteiger partial charge is 0.368 e. The van der Waals surface area contributed by atoms with Crippen molar-refractivity contribution in [1.82, 2.24) is 10.2 Å². The smallest absolute Gasteiger partial charge is 0.265 e. The van der Waals surface area contributed by atoms with Crippen LogP contribution >= 0.6 is 11.3 Å². The quantitative estimate of drug-likeness (QED) is 0.563. The fourth-order valence-electron chi connectivity index (χ4n) is 3.77. The number of piperazine rings is 1. The maximum absolute atomic E-state index is 12.7. The Balaban J connectivity index is 1.25. The van der Waals surface area contributed by atoms with Crippen LogP contribution < -0.4 is 15.5 Å². The molecular formula is C25H26N4O3S. The monoisotopic (exact) mass is 462 g/mol. The first-order chi connectivity index (χ1) is 16.1. The van der Waals surface area contributed by atoms with E-state index in [4.69, 9.17) is 0 Å². The van der Waals surface area contributed by atoms with E-state index in [0.29, 0.717) is 29.2 Å². The van der Waals surface area contributed by atoms with E-state index in [-0.39, 0.29) is 30.7 Å². The van der Waals surface area contributed by atoms with Gasteiger partial charge in [0.25, 0.3) is 11.8 Å². The van der Waals surface area contributed by atoms with Crippen molar-refractivity contribution >= 4 is 40.4 Å². The molecule has 1 saturated heterocycles. The van der Waals surface area contributed by atoms with Crippen LogP contribution in [0.4, 0.5) is 11.4 Å². The van der Waals surface area contributed by atoms with E-state index >= 15 is 0 Å². The lowest BCUT2D eigenvalue weighted by molar-refractivity contribution is -0.131. The van der Waals surface area contributed by atoms with E-state index in [0.717, 1.165) is 13.1 Å². The molecule has 0 unspecified atom stereocenters. The van der Waals surface area contributed by atoms with E-state index in [1.54, 1.807) is 36.4 Å². The fraction of sp³-hybridized carbons (Fsp3) is 0.240. The maximum atomic E-state index is 12.7. The Morgan fingerprint density at radius 1 is 0.818 bits per heavy atom. The molecule has 3 aromatic rings. The van der Waals surface area contributed by atoms with Crippen LogP contribution in [0.1, 0.15) is 26.5 Å². The first-order valence-corrected chi connectivity index (χ1v) is 11.8. The molecule has 0 spiro atoms. The van der Waals surface area contributed by atoms with Crippen LogP contribution in [-0.2, 0) is 4.79 Å². The Labute approximate surface area is 197 Å². The Kier molecular flexibility index (Phi) is 7.36. The number of benzene rings is 2. The highest BCUT2D eigenvalue weighted by Gasteiger charge is 2.21. The van der Waals surface area contributed by atoms with E-state index in [2.05, 4.69) is 27.7 Å². The Morgan fingerprint density at radius 3 is 2.27 bits per heavy atom. The number of nitrogens with zero attached hydrogens (tertiary/aromatic N) is 2. The van der Waals surface area contributed by atoms with Gasteiger partial charge in [0.1, 0.15) is 0 Å². The highest BCUT2D eigenvalue weighted by molar-refractivity contribution is 7.12. The molecule has 1 aromatic heterocycles. The predicted molar refractivity (Wildman–Crippen MR) is 131 cm³/mol. The van der Waals surface area contributed by atoms with E-state index in [9.17, 15) is 14.4 Å². The molecular weight excluding hydrogens is 436 g/mol. The highest BCUT2D eigenvalue weighted by atomic mass is 32.1. The molecule has 0 radical (unpaired) electrons. The lowest BCUT2D eigenvalue weighted by atomic mass is 10.1. The number of rotatable bonds is 7. The number of para-hydroxylation sites is 2. The van der Waals surface area contributed by atoms with Crippen LogP contribution in [0.3, 0.4) is 0 Å². The molecule has 2 heterocycles. The van der Waals surface area contributed by atoms with E-state index in [1.165, 1.54) is 17.0 Å². The van der Waals surface area contributed by atoms with E-state index in [1.807, 2.05) is 28.5 Å². The van der Waals surface area contributed by atoms with Crippen molar-refractivity contribution in [3.05, 3.63) is 82.6 Å². The molecule has 3 amide bonds. The molecule has 0 atom stereocenters. The first-order valence-electron chi connectivity index (χ1n) is 10.9. The van der Waals surface area contributed by atoms with Crippen LogP contribution in [-0.4, -0.2) is 55.3 Å². The van der Waals surface area contributed by atoms with Crippen molar-refractivity contribution < 1.29 is 14.4 Å². The molecule has 2 N–H and O–H groups in total. The van der Waals surface area contributed by atoms with Gasteiger partial charge in [-0.2, -0.15) is 0 Å². The zero-order valence-electron chi connectivity index (χ0n) is 18.2. The Morgan fingerprint density at radius 2 is 1.55 bits per heavy atom. The summed E-state index contributed by atoms with van der Waals surface area (Å²) < 4.78 is 0. The number of hydrogen-bond acceptors (Lipinski definition) is 5. The number of thiophene rings is 1. The van der Waals surface area contributed by atoms with Crippen LogP contribution in [0.25, 0.3) is 0 Å². The third kappa shape index (κ3) is 5.78. The summed E-state index contributed by atoms with van der Waals surface area (Å²) >= 11 is 1.34. The van der Waals surface area contributed by atoms with Crippen molar-refractivity contribution in [3.8, 4) is 0 Å². The van der Waals surface area contributed by atoms with Gasteiger partial charge in [-0.25, -0.2) is 0 Å². The maximum Gasteiger partial charge on any atom is 0.265 e. The molecule has 1 aliphatic rings. The lowest BCUT2D eigenvalue weighted by Gasteiger charge is -2.36. The minimum atomic E-state index is -0.321. The second kappa shape index (κ2) is 10.8. The standard InChI is InChI=1S/C25H26N4O3S/c30-23(29-16-14-28(15-17-29)19-7-2-1-3-8-19)12-13-26-24(31)20-9-4-5-10-21(20)27-25(32)22-11-6-18-33-22/h1-11,18H,12-17H2,(H,26,31)(H,27,32). The van der Waals surface area contributed by atoms with Crippen LogP contribution in [0, 0.1) is 0 Å². The van der Waals surface area contributed by atoms with Gasteiger partial charge >= 0.3 is 0 Å². The second-order valence-corrected chi connectivity index (χ2v) is 8.63. The molecule has 170 valence electrons. The van der Waals surface area contributed by atoms with Gasteiger partial charge in [0.2, 0.25) is 5.91 Å². The normalized spacial score (nSPS) is 13.5. The molecule has 8 heteroatoms. The molecule has 7 nitrogen and oxygen atoms in total. The van der Waals surface area contributed by atoms with Crippen molar-refractivity contribution in [2.24, 2.45) is 0 Å². The van der Waals surface area contributed by atoms with Gasteiger partial charge in [0.15, 0.2) is 0 Å². The van der Waals surface area contributed by atoms with Gasteiger partial charge in [-0.3, -0.25) is 14.4 Å². The Hall–Kier alpha value is -3.65. The zero-order chi connectivity index (χ0) is 23.0. The third-order valence-corrected chi connectivity index (χ3v) is 6.41. The van der Waals surface area contributed by atoms with Crippen LogP contribution in [0.2, 0.25) is 0 Å². The first kappa shape index (κ1) is 22.5. The van der Waals surface area contributed by atoms with Gasteiger partial charge in [-0.05, 0) is 35.7 Å². The molecule has 1 fully saturated rings. The average molecular weight is 463 g/mol. The molecule has 2 aromatic carbocycles. The summed E-state index contributed by atoms with van der Waals surface area (Å²) in [6.07, 6.45) is 0.237. The number of carbonyl (C=O) groups is 3. The van der Waals surface area contributed by atoms with Gasteiger partial charge in [-0.1, -0.05) is 36.4 Å². The average Bonchev–Trinajstić information content (AvgIpc) is 3.40. The number of hydrogen-bond donors (Lipinski definition) is 2. The molecule has 33 heavy (non-hydrogen) atoms. The molecule has 0 bridgehead atoms. The summed E-state index contributed by atoms with van der Waals surface area (Å²) in [5.74, 6) is -0.545. The molecule has 1 aliphatic heterocycles. The number of anilines is 2. The molecule has 0 saturated carbocycles. The van der Waals surface area contributed by atoms with Crippen molar-refractivity contribution in [1.29, 1.82) is 0 Å². The summed E-state index contributed by atoms with van der Waals surface area (Å²) in [5.41, 5.74) is 1.98. The number of amides is 3. The van der Waals surface area contributed by atoms with E-state index < -0.39 is 0 Å². The van der Waals surface area contributed by atoms with Crippen molar-refractivity contribution in [2.45, 2.75) is 6.42 Å².